The van der Waals surface area contributed by atoms with E-state index in [1.807, 2.05) is 0 Å². The summed E-state index contributed by atoms with van der Waals surface area (Å²) in [4.78, 5) is 0. The summed E-state index contributed by atoms with van der Waals surface area (Å²) in [6.45, 7) is 8.03. The molecule has 1 aliphatic rings. The van der Waals surface area contributed by atoms with Crippen molar-refractivity contribution < 1.29 is 0 Å². The van der Waals surface area contributed by atoms with Crippen molar-refractivity contribution in [2.45, 2.75) is 51.3 Å². The zero-order valence-corrected chi connectivity index (χ0v) is 13.3. The molecule has 0 bridgehead atoms. The Bertz CT molecular complexity index is 391. The van der Waals surface area contributed by atoms with Gasteiger partial charge in [0.2, 0.25) is 0 Å². The van der Waals surface area contributed by atoms with Crippen molar-refractivity contribution in [1.29, 1.82) is 0 Å². The minimum absolute atomic E-state index is 0.560. The first-order valence-corrected chi connectivity index (χ1v) is 8.73. The summed E-state index contributed by atoms with van der Waals surface area (Å²) in [5.74, 6) is 2.12. The van der Waals surface area contributed by atoms with Crippen molar-refractivity contribution in [3.8, 4) is 0 Å². The highest BCUT2D eigenvalue weighted by molar-refractivity contribution is 7.99. The average molecular weight is 277 g/mol. The summed E-state index contributed by atoms with van der Waals surface area (Å²) in [6, 6.07) is 9.54. The molecule has 19 heavy (non-hydrogen) atoms. The highest BCUT2D eigenvalue weighted by Gasteiger charge is 2.31. The molecule has 0 saturated carbocycles. The Morgan fingerprint density at radius 2 is 2.11 bits per heavy atom. The lowest BCUT2D eigenvalue weighted by Gasteiger charge is -2.22. The maximum Gasteiger partial charge on any atom is 0.0446 e. The van der Waals surface area contributed by atoms with Crippen LogP contribution in [0.4, 0.5) is 0 Å². The van der Waals surface area contributed by atoms with Crippen molar-refractivity contribution in [2.24, 2.45) is 5.92 Å². The van der Waals surface area contributed by atoms with Crippen LogP contribution in [0, 0.1) is 5.92 Å². The van der Waals surface area contributed by atoms with Crippen LogP contribution in [0.5, 0.6) is 0 Å². The van der Waals surface area contributed by atoms with Crippen molar-refractivity contribution in [1.82, 2.24) is 5.32 Å². The Labute approximate surface area is 122 Å². The van der Waals surface area contributed by atoms with Gasteiger partial charge in [0.15, 0.2) is 0 Å². The zero-order valence-electron chi connectivity index (χ0n) is 12.5. The molecule has 1 nitrogen and oxygen atoms in total. The van der Waals surface area contributed by atoms with Gasteiger partial charge >= 0.3 is 0 Å². The summed E-state index contributed by atoms with van der Waals surface area (Å²) >= 11 is 2.17. The summed E-state index contributed by atoms with van der Waals surface area (Å²) in [5.41, 5.74) is 3.09. The molecule has 0 aliphatic heterocycles. The molecule has 2 heteroatoms. The van der Waals surface area contributed by atoms with Gasteiger partial charge in [-0.1, -0.05) is 51.5 Å². The van der Waals surface area contributed by atoms with Gasteiger partial charge in [0.25, 0.3) is 0 Å². The molecule has 3 atom stereocenters. The lowest BCUT2D eigenvalue weighted by atomic mass is 10.1. The van der Waals surface area contributed by atoms with Crippen molar-refractivity contribution in [3.63, 3.8) is 0 Å². The number of hydrogen-bond donors (Lipinski definition) is 1. The number of thioether (sulfide) groups is 1. The second-order valence-electron chi connectivity index (χ2n) is 5.72. The van der Waals surface area contributed by atoms with E-state index in [2.05, 4.69) is 62.1 Å². The molecule has 106 valence electrons. The first-order valence-electron chi connectivity index (χ1n) is 7.69. The van der Waals surface area contributed by atoms with E-state index in [4.69, 9.17) is 0 Å². The maximum absolute atomic E-state index is 3.76. The van der Waals surface area contributed by atoms with E-state index in [0.29, 0.717) is 6.04 Å². The third-order valence-corrected chi connectivity index (χ3v) is 5.72. The van der Waals surface area contributed by atoms with Crippen LogP contribution in [0.2, 0.25) is 0 Å². The zero-order chi connectivity index (χ0) is 13.7. The molecular formula is C17H27NS. The third-order valence-electron chi connectivity index (χ3n) is 4.09. The molecule has 1 aromatic carbocycles. The topological polar surface area (TPSA) is 12.0 Å². The van der Waals surface area contributed by atoms with Crippen molar-refractivity contribution in [2.75, 3.05) is 12.3 Å². The Hall–Kier alpha value is -0.470. The fraction of sp³-hybridized carbons (Fsp3) is 0.647. The maximum atomic E-state index is 3.76. The fourth-order valence-corrected chi connectivity index (χ4v) is 4.20. The predicted octanol–water partition coefficient (Wildman–Crippen LogP) is 4.43. The Morgan fingerprint density at radius 1 is 1.32 bits per heavy atom. The number of rotatable bonds is 7. The van der Waals surface area contributed by atoms with Crippen LogP contribution in [-0.4, -0.2) is 17.5 Å². The van der Waals surface area contributed by atoms with E-state index in [1.54, 1.807) is 5.56 Å². The largest absolute Gasteiger partial charge is 0.309 e. The molecule has 0 saturated heterocycles. The first-order chi connectivity index (χ1) is 9.26. The fourth-order valence-electron chi connectivity index (χ4n) is 2.66. The number of fused-ring (bicyclic) bond motifs is 1. The second kappa shape index (κ2) is 7.35. The Kier molecular flexibility index (Phi) is 5.77. The summed E-state index contributed by atoms with van der Waals surface area (Å²) in [5, 5.41) is 4.48. The Balaban J connectivity index is 2.03. The van der Waals surface area contributed by atoms with Gasteiger partial charge in [0.1, 0.15) is 0 Å². The normalized spacial score (nSPS) is 23.3. The first kappa shape index (κ1) is 14.9. The number of hydrogen-bond acceptors (Lipinski definition) is 2. The monoisotopic (exact) mass is 277 g/mol. The van der Waals surface area contributed by atoms with Crippen LogP contribution >= 0.6 is 11.8 Å². The minimum atomic E-state index is 0.560. The van der Waals surface area contributed by atoms with Crippen LogP contribution in [-0.2, 0) is 6.42 Å². The van der Waals surface area contributed by atoms with Gasteiger partial charge in [-0.25, -0.2) is 0 Å². The van der Waals surface area contributed by atoms with E-state index in [0.717, 1.165) is 17.7 Å². The van der Waals surface area contributed by atoms with Gasteiger partial charge < -0.3 is 5.32 Å². The molecule has 0 radical (unpaired) electrons. The molecule has 0 amide bonds. The molecule has 0 aromatic heterocycles. The molecular weight excluding hydrogens is 250 g/mol. The minimum Gasteiger partial charge on any atom is -0.309 e. The number of nitrogens with one attached hydrogen (secondary N) is 1. The highest BCUT2D eigenvalue weighted by atomic mass is 32.2. The van der Waals surface area contributed by atoms with E-state index >= 15 is 0 Å². The summed E-state index contributed by atoms with van der Waals surface area (Å²) < 4.78 is 0. The highest BCUT2D eigenvalue weighted by Crippen LogP contribution is 2.39. The van der Waals surface area contributed by atoms with Gasteiger partial charge in [0.05, 0.1) is 0 Å². The SMILES string of the molecule is CCCNC1c2ccccc2CC1SCC(C)CC. The molecule has 0 fully saturated rings. The molecule has 3 unspecified atom stereocenters. The van der Waals surface area contributed by atoms with Crippen LogP contribution < -0.4 is 5.32 Å². The molecule has 1 aromatic rings. The van der Waals surface area contributed by atoms with Crippen LogP contribution in [0.15, 0.2) is 24.3 Å². The standard InChI is InChI=1S/C17H27NS/c1-4-10-18-17-15-9-7-6-8-14(15)11-16(17)19-12-13(3)5-2/h6-9,13,16-18H,4-5,10-12H2,1-3H3. The van der Waals surface area contributed by atoms with E-state index in [9.17, 15) is 0 Å². The molecule has 1 N–H and O–H groups in total. The van der Waals surface area contributed by atoms with Crippen molar-refractivity contribution >= 4 is 11.8 Å². The lowest BCUT2D eigenvalue weighted by molar-refractivity contribution is 0.537. The van der Waals surface area contributed by atoms with Crippen LogP contribution in [0.1, 0.15) is 50.8 Å². The third kappa shape index (κ3) is 3.76. The van der Waals surface area contributed by atoms with Gasteiger partial charge in [-0.3, -0.25) is 0 Å². The van der Waals surface area contributed by atoms with E-state index in [-0.39, 0.29) is 0 Å². The van der Waals surface area contributed by atoms with E-state index < -0.39 is 0 Å². The summed E-state index contributed by atoms with van der Waals surface area (Å²) in [7, 11) is 0. The van der Waals surface area contributed by atoms with Gasteiger partial charge in [-0.2, -0.15) is 11.8 Å². The quantitative estimate of drug-likeness (QED) is 0.791. The van der Waals surface area contributed by atoms with Gasteiger partial charge in [0, 0.05) is 11.3 Å². The second-order valence-corrected chi connectivity index (χ2v) is 6.99. The van der Waals surface area contributed by atoms with Gasteiger partial charge in [-0.05, 0) is 42.2 Å². The lowest BCUT2D eigenvalue weighted by Crippen LogP contribution is -2.28. The summed E-state index contributed by atoms with van der Waals surface area (Å²) in [6.07, 6.45) is 3.74. The predicted molar refractivity (Wildman–Crippen MR) is 86.9 cm³/mol. The Morgan fingerprint density at radius 3 is 2.84 bits per heavy atom. The van der Waals surface area contributed by atoms with Crippen LogP contribution in [0.3, 0.4) is 0 Å². The van der Waals surface area contributed by atoms with Gasteiger partial charge in [-0.15, -0.1) is 0 Å². The molecule has 1 aliphatic carbocycles. The van der Waals surface area contributed by atoms with E-state index in [1.165, 1.54) is 30.6 Å². The number of benzene rings is 1. The molecule has 0 heterocycles. The molecule has 2 rings (SSSR count). The van der Waals surface area contributed by atoms with Crippen molar-refractivity contribution in [3.05, 3.63) is 35.4 Å². The smallest absolute Gasteiger partial charge is 0.0446 e. The average Bonchev–Trinajstić information content (AvgIpc) is 2.80. The van der Waals surface area contributed by atoms with Crippen LogP contribution in [0.25, 0.3) is 0 Å². The molecule has 0 spiro atoms.